The third-order valence-electron chi connectivity index (χ3n) is 3.74. The fraction of sp³-hybridized carbons (Fsp3) is 0.412. The number of rotatable bonds is 4. The molecule has 0 saturated heterocycles. The molecule has 0 radical (unpaired) electrons. The molecule has 0 spiro atoms. The molecule has 0 aliphatic rings. The summed E-state index contributed by atoms with van der Waals surface area (Å²) < 4.78 is 41.5. The molecule has 1 aromatic heterocycles. The Hall–Kier alpha value is -2.49. The molecule has 0 aliphatic carbocycles. The Morgan fingerprint density at radius 1 is 1.33 bits per heavy atom. The van der Waals surface area contributed by atoms with Crippen molar-refractivity contribution in [3.8, 4) is 6.07 Å². The molecule has 24 heavy (non-hydrogen) atoms. The van der Waals surface area contributed by atoms with E-state index in [9.17, 15) is 13.2 Å². The van der Waals surface area contributed by atoms with Crippen molar-refractivity contribution >= 4 is 5.69 Å². The van der Waals surface area contributed by atoms with Crippen molar-refractivity contribution in [2.45, 2.75) is 32.5 Å². The van der Waals surface area contributed by atoms with E-state index in [1.165, 1.54) is 17.0 Å². The number of aromatic nitrogens is 2. The molecule has 4 nitrogen and oxygen atoms in total. The lowest BCUT2D eigenvalue weighted by Gasteiger charge is -2.24. The third-order valence-corrected chi connectivity index (χ3v) is 3.74. The molecular formula is C17H19F3N4. The second kappa shape index (κ2) is 6.56. The van der Waals surface area contributed by atoms with Gasteiger partial charge in [-0.3, -0.25) is 4.68 Å². The highest BCUT2D eigenvalue weighted by atomic mass is 19.4. The second-order valence-electron chi connectivity index (χ2n) is 6.07. The average Bonchev–Trinajstić information content (AvgIpc) is 2.86. The van der Waals surface area contributed by atoms with Crippen LogP contribution in [0.15, 0.2) is 24.4 Å². The lowest BCUT2D eigenvalue weighted by Crippen LogP contribution is -2.21. The van der Waals surface area contributed by atoms with Gasteiger partial charge in [0.15, 0.2) is 0 Å². The normalized spacial score (nSPS) is 11.6. The number of hydrogen-bond acceptors (Lipinski definition) is 3. The molecular weight excluding hydrogens is 317 g/mol. The van der Waals surface area contributed by atoms with Gasteiger partial charge in [-0.05, 0) is 24.1 Å². The van der Waals surface area contributed by atoms with Gasteiger partial charge in [0.25, 0.3) is 0 Å². The predicted octanol–water partition coefficient (Wildman–Crippen LogP) is 4.07. The van der Waals surface area contributed by atoms with Crippen LogP contribution in [0, 0.1) is 11.3 Å². The van der Waals surface area contributed by atoms with Crippen LogP contribution in [0.5, 0.6) is 0 Å². The number of nitrogens with zero attached hydrogens (tertiary/aromatic N) is 4. The lowest BCUT2D eigenvalue weighted by molar-refractivity contribution is -0.137. The van der Waals surface area contributed by atoms with Crippen molar-refractivity contribution in [3.05, 3.63) is 46.8 Å². The zero-order valence-corrected chi connectivity index (χ0v) is 14.0. The van der Waals surface area contributed by atoms with Crippen LogP contribution < -0.4 is 4.90 Å². The number of alkyl halides is 3. The largest absolute Gasteiger partial charge is 0.418 e. The van der Waals surface area contributed by atoms with Gasteiger partial charge in [-0.15, -0.1) is 0 Å². The first kappa shape index (κ1) is 17.9. The summed E-state index contributed by atoms with van der Waals surface area (Å²) in [6.07, 6.45) is -2.67. The summed E-state index contributed by atoms with van der Waals surface area (Å²) in [6.45, 7) is 4.26. The number of hydrogen-bond donors (Lipinski definition) is 0. The fourth-order valence-corrected chi connectivity index (χ4v) is 2.66. The molecule has 1 heterocycles. The summed E-state index contributed by atoms with van der Waals surface area (Å²) in [5, 5.41) is 13.4. The maximum absolute atomic E-state index is 13.3. The van der Waals surface area contributed by atoms with Gasteiger partial charge in [0.1, 0.15) is 0 Å². The van der Waals surface area contributed by atoms with E-state index in [1.807, 2.05) is 26.1 Å². The van der Waals surface area contributed by atoms with E-state index >= 15 is 0 Å². The number of benzene rings is 1. The molecule has 0 saturated carbocycles. The number of anilines is 1. The Labute approximate surface area is 139 Å². The predicted molar refractivity (Wildman–Crippen MR) is 85.6 cm³/mol. The second-order valence-corrected chi connectivity index (χ2v) is 6.07. The third kappa shape index (κ3) is 3.70. The van der Waals surface area contributed by atoms with E-state index in [1.54, 1.807) is 18.8 Å². The summed E-state index contributed by atoms with van der Waals surface area (Å²) in [5.41, 5.74) is 1.15. The van der Waals surface area contributed by atoms with E-state index < -0.39 is 11.7 Å². The molecule has 0 aliphatic heterocycles. The number of aryl methyl sites for hydroxylation is 1. The molecule has 0 atom stereocenters. The van der Waals surface area contributed by atoms with Crippen LogP contribution in [-0.4, -0.2) is 16.8 Å². The standard InChI is InChI=1S/C17H19F3N4/c1-11(2)16-13(10-24(4)22-16)9-23(3)15-7-12(8-21)5-6-14(15)17(18,19)20/h5-7,10-11H,9H2,1-4H3. The van der Waals surface area contributed by atoms with Gasteiger partial charge in [0.2, 0.25) is 0 Å². The molecule has 2 rings (SSSR count). The Bertz CT molecular complexity index is 769. The molecule has 128 valence electrons. The van der Waals surface area contributed by atoms with Crippen LogP contribution in [0.2, 0.25) is 0 Å². The Morgan fingerprint density at radius 2 is 2.00 bits per heavy atom. The number of nitriles is 1. The zero-order chi connectivity index (χ0) is 18.1. The Balaban J connectivity index is 2.43. The lowest BCUT2D eigenvalue weighted by atomic mass is 10.0. The summed E-state index contributed by atoms with van der Waals surface area (Å²) in [6, 6.07) is 5.30. The SMILES string of the molecule is CC(C)c1nn(C)cc1CN(C)c1cc(C#N)ccc1C(F)(F)F. The highest BCUT2D eigenvalue weighted by molar-refractivity contribution is 5.58. The van der Waals surface area contributed by atoms with Crippen LogP contribution in [0.4, 0.5) is 18.9 Å². The van der Waals surface area contributed by atoms with Crippen molar-refractivity contribution in [3.63, 3.8) is 0 Å². The molecule has 0 N–H and O–H groups in total. The van der Waals surface area contributed by atoms with E-state index in [-0.39, 0.29) is 23.7 Å². The van der Waals surface area contributed by atoms with Crippen molar-refractivity contribution in [1.82, 2.24) is 9.78 Å². The van der Waals surface area contributed by atoms with Gasteiger partial charge in [-0.25, -0.2) is 0 Å². The molecule has 7 heteroatoms. The summed E-state index contributed by atoms with van der Waals surface area (Å²) >= 11 is 0. The fourth-order valence-electron chi connectivity index (χ4n) is 2.66. The smallest absolute Gasteiger partial charge is 0.370 e. The minimum Gasteiger partial charge on any atom is -0.370 e. The monoisotopic (exact) mass is 336 g/mol. The summed E-state index contributed by atoms with van der Waals surface area (Å²) in [4.78, 5) is 1.51. The van der Waals surface area contributed by atoms with Gasteiger partial charge >= 0.3 is 6.18 Å². The summed E-state index contributed by atoms with van der Waals surface area (Å²) in [5.74, 6) is 0.169. The number of halogens is 3. The van der Waals surface area contributed by atoms with E-state index in [0.29, 0.717) is 0 Å². The average molecular weight is 336 g/mol. The molecule has 1 aromatic carbocycles. The first-order valence-corrected chi connectivity index (χ1v) is 7.48. The van der Waals surface area contributed by atoms with Gasteiger partial charge in [0, 0.05) is 32.4 Å². The zero-order valence-electron chi connectivity index (χ0n) is 14.0. The van der Waals surface area contributed by atoms with Crippen LogP contribution in [0.3, 0.4) is 0 Å². The summed E-state index contributed by atoms with van der Waals surface area (Å²) in [7, 11) is 3.37. The van der Waals surface area contributed by atoms with Gasteiger partial charge in [-0.2, -0.15) is 23.5 Å². The van der Waals surface area contributed by atoms with Crippen LogP contribution in [0.25, 0.3) is 0 Å². The molecule has 0 bridgehead atoms. The van der Waals surface area contributed by atoms with Gasteiger partial charge in [0.05, 0.1) is 28.6 Å². The first-order valence-electron chi connectivity index (χ1n) is 7.48. The van der Waals surface area contributed by atoms with Crippen molar-refractivity contribution in [2.24, 2.45) is 7.05 Å². The van der Waals surface area contributed by atoms with Crippen LogP contribution >= 0.6 is 0 Å². The first-order chi connectivity index (χ1) is 11.1. The van der Waals surface area contributed by atoms with Crippen LogP contribution in [-0.2, 0) is 19.8 Å². The molecule has 0 unspecified atom stereocenters. The van der Waals surface area contributed by atoms with Crippen molar-refractivity contribution < 1.29 is 13.2 Å². The molecule has 0 fully saturated rings. The molecule has 0 amide bonds. The van der Waals surface area contributed by atoms with E-state index in [0.717, 1.165) is 17.3 Å². The van der Waals surface area contributed by atoms with E-state index in [2.05, 4.69) is 5.10 Å². The van der Waals surface area contributed by atoms with Gasteiger partial charge < -0.3 is 4.90 Å². The minimum atomic E-state index is -4.48. The maximum atomic E-state index is 13.3. The quantitative estimate of drug-likeness (QED) is 0.845. The van der Waals surface area contributed by atoms with Gasteiger partial charge in [-0.1, -0.05) is 13.8 Å². The molecule has 2 aromatic rings. The Kier molecular flexibility index (Phi) is 4.88. The highest BCUT2D eigenvalue weighted by Gasteiger charge is 2.34. The highest BCUT2D eigenvalue weighted by Crippen LogP contribution is 2.37. The van der Waals surface area contributed by atoms with Crippen molar-refractivity contribution in [1.29, 1.82) is 5.26 Å². The van der Waals surface area contributed by atoms with Crippen molar-refractivity contribution in [2.75, 3.05) is 11.9 Å². The maximum Gasteiger partial charge on any atom is 0.418 e. The Morgan fingerprint density at radius 3 is 2.54 bits per heavy atom. The van der Waals surface area contributed by atoms with E-state index in [4.69, 9.17) is 5.26 Å². The topological polar surface area (TPSA) is 44.9 Å². The minimum absolute atomic E-state index is 0.0138. The van der Waals surface area contributed by atoms with Crippen LogP contribution in [0.1, 0.15) is 42.1 Å².